The zero-order valence-electron chi connectivity index (χ0n) is 32.6. The number of nitrogens with one attached hydrogen (secondary N) is 1. The topological polar surface area (TPSA) is 305 Å². The number of nitrogens with zero attached hydrogens (tertiary/aromatic N) is 6. The smallest absolute Gasteiger partial charge is 0.335 e. The Hall–Kier alpha value is -6.58. The van der Waals surface area contributed by atoms with Gasteiger partial charge in [-0.15, -0.1) is 34.2 Å². The van der Waals surface area contributed by atoms with E-state index in [1.807, 2.05) is 0 Å². The number of hydrogen-bond acceptors (Lipinski definition) is 21. The van der Waals surface area contributed by atoms with Gasteiger partial charge in [0.2, 0.25) is 0 Å². The standard InChI is InChI=1S/C40H29N7O14S3.Cu/c1-57-36-20-33(45-47-38-37(63-61-59-53)15-22-7-10-24(17-29(22)39(38)49)41-23-8-5-21(6-9-23)40(50)51)35(48)19-34(36)46-44-32-14-13-31(28-12-11-27(18-30(28)32)64(54,55)56)43-42-25-3-2-4-26(16-25)62-60-58-52;/h2-20,41,48-49,52-53H,1H3,(H,50,51)(H,54,55,56);. The molecule has 0 atom stereocenters. The van der Waals surface area contributed by atoms with Gasteiger partial charge < -0.3 is 25.4 Å². The third-order valence-corrected chi connectivity index (χ3v) is 11.0. The quantitative estimate of drug-likeness (QED) is 0.0111. The number of methoxy groups -OCH3 is 1. The summed E-state index contributed by atoms with van der Waals surface area (Å²) in [4.78, 5) is 11.5. The third kappa shape index (κ3) is 11.6. The molecule has 7 N–H and O–H groups in total. The van der Waals surface area contributed by atoms with E-state index in [2.05, 4.69) is 54.7 Å². The molecular weight excluding hydrogens is 962 g/mol. The molecule has 337 valence electrons. The fraction of sp³-hybridized carbons (Fsp3) is 0.0250. The molecule has 0 fully saturated rings. The van der Waals surface area contributed by atoms with Gasteiger partial charge in [-0.05, 0) is 90.3 Å². The molecular formula is C40H29CuN7O14S3. The Kier molecular flexibility index (Phi) is 15.8. The zero-order chi connectivity index (χ0) is 45.4. The van der Waals surface area contributed by atoms with Crippen LogP contribution in [0.5, 0.6) is 17.2 Å². The van der Waals surface area contributed by atoms with Crippen LogP contribution >= 0.6 is 24.1 Å². The van der Waals surface area contributed by atoms with Gasteiger partial charge in [-0.3, -0.25) is 4.55 Å². The summed E-state index contributed by atoms with van der Waals surface area (Å²) in [6.07, 6.45) is 0. The van der Waals surface area contributed by atoms with Crippen LogP contribution in [0.15, 0.2) is 161 Å². The summed E-state index contributed by atoms with van der Waals surface area (Å²) in [5, 5.41) is 86.4. The van der Waals surface area contributed by atoms with Crippen LogP contribution in [0.2, 0.25) is 0 Å². The number of carboxylic acids is 1. The van der Waals surface area contributed by atoms with E-state index in [-0.39, 0.29) is 67.2 Å². The van der Waals surface area contributed by atoms with Crippen molar-refractivity contribution in [3.05, 3.63) is 121 Å². The summed E-state index contributed by atoms with van der Waals surface area (Å²) in [5.41, 5.74) is 1.77. The first-order chi connectivity index (χ1) is 30.8. The van der Waals surface area contributed by atoms with Gasteiger partial charge >= 0.3 is 5.97 Å². The molecule has 0 saturated carbocycles. The van der Waals surface area contributed by atoms with Gasteiger partial charge in [0.05, 0.1) is 63.6 Å². The van der Waals surface area contributed by atoms with Crippen molar-refractivity contribution in [2.45, 2.75) is 14.7 Å². The number of carboxylic acid groups (broad SMARTS) is 1. The first-order valence-electron chi connectivity index (χ1n) is 17.9. The van der Waals surface area contributed by atoms with Crippen molar-refractivity contribution in [1.29, 1.82) is 0 Å². The van der Waals surface area contributed by atoms with Crippen molar-refractivity contribution >= 4 is 107 Å². The number of hydrogen-bond donors (Lipinski definition) is 7. The molecule has 0 heterocycles. The van der Waals surface area contributed by atoms with Crippen LogP contribution in [-0.4, -0.2) is 51.9 Å². The molecule has 21 nitrogen and oxygen atoms in total. The van der Waals surface area contributed by atoms with Crippen molar-refractivity contribution in [1.82, 2.24) is 0 Å². The van der Waals surface area contributed by atoms with Crippen LogP contribution < -0.4 is 10.1 Å². The van der Waals surface area contributed by atoms with Crippen LogP contribution in [0, 0.1) is 0 Å². The third-order valence-electron chi connectivity index (χ3n) is 8.92. The van der Waals surface area contributed by atoms with E-state index in [0.717, 1.165) is 12.0 Å². The molecule has 7 aromatic rings. The van der Waals surface area contributed by atoms with E-state index in [4.69, 9.17) is 15.3 Å². The fourth-order valence-corrected chi connectivity index (χ4v) is 7.38. The van der Waals surface area contributed by atoms with E-state index in [1.165, 1.54) is 55.6 Å². The van der Waals surface area contributed by atoms with Crippen LogP contribution in [0.4, 0.5) is 45.5 Å². The molecule has 1 radical (unpaired) electrons. The molecule has 65 heavy (non-hydrogen) atoms. The molecule has 0 spiro atoms. The summed E-state index contributed by atoms with van der Waals surface area (Å²) in [6.45, 7) is 0. The zero-order valence-corrected chi connectivity index (χ0v) is 36.0. The normalized spacial score (nSPS) is 11.8. The molecule has 7 aromatic carbocycles. The predicted octanol–water partition coefficient (Wildman–Crippen LogP) is 12.2. The monoisotopic (exact) mass is 990 g/mol. The number of ether oxygens (including phenoxy) is 1. The fourth-order valence-electron chi connectivity index (χ4n) is 5.97. The van der Waals surface area contributed by atoms with E-state index >= 15 is 0 Å². The Labute approximate surface area is 385 Å². The summed E-state index contributed by atoms with van der Waals surface area (Å²) in [7, 11) is -3.32. The van der Waals surface area contributed by atoms with Gasteiger partial charge in [-0.1, -0.05) is 28.3 Å². The number of fused-ring (bicyclic) bond motifs is 2. The summed E-state index contributed by atoms with van der Waals surface area (Å²) in [6, 6.07) is 28.5. The maximum Gasteiger partial charge on any atom is 0.335 e. The summed E-state index contributed by atoms with van der Waals surface area (Å²) >= 11 is 1.24. The van der Waals surface area contributed by atoms with Crippen LogP contribution in [0.25, 0.3) is 21.5 Å². The molecule has 0 saturated heterocycles. The molecule has 0 amide bonds. The largest absolute Gasteiger partial charge is 0.506 e. The molecule has 25 heteroatoms. The number of benzene rings is 7. The number of aromatic hydroxyl groups is 2. The summed E-state index contributed by atoms with van der Waals surface area (Å²) in [5.74, 6) is -1.83. The summed E-state index contributed by atoms with van der Waals surface area (Å²) < 4.78 is 48.6. The van der Waals surface area contributed by atoms with Crippen molar-refractivity contribution < 1.29 is 84.1 Å². The number of azo groups is 3. The Balaban J connectivity index is 0.00000700. The van der Waals surface area contributed by atoms with Crippen molar-refractivity contribution in [3.63, 3.8) is 0 Å². The Bertz CT molecular complexity index is 3110. The first-order valence-corrected chi connectivity index (χ1v) is 20.8. The minimum atomic E-state index is -4.64. The van der Waals surface area contributed by atoms with Crippen molar-refractivity contribution in [2.24, 2.45) is 30.7 Å². The Morgan fingerprint density at radius 1 is 0.662 bits per heavy atom. The predicted molar refractivity (Wildman–Crippen MR) is 231 cm³/mol. The SMILES string of the molecule is COc1cc(N=Nc2c(SOOO)cc3ccc(Nc4ccc(C(=O)O)cc4)cc3c2O)c(O)cc1N=Nc1ccc(N=Nc2cccc(SOOO)c2)c2ccc(S(=O)(=O)O)cc12.[Cu]. The average Bonchev–Trinajstić information content (AvgIpc) is 3.29. The molecule has 0 aliphatic heterocycles. The number of anilines is 2. The number of aromatic carboxylic acids is 1. The van der Waals surface area contributed by atoms with Gasteiger partial charge in [0.15, 0.2) is 5.75 Å². The van der Waals surface area contributed by atoms with Crippen LogP contribution in [0.1, 0.15) is 10.4 Å². The second kappa shape index (κ2) is 21.4. The Morgan fingerprint density at radius 2 is 1.34 bits per heavy atom. The molecule has 7 rings (SSSR count). The first kappa shape index (κ1) is 47.9. The number of phenolic OH excluding ortho intramolecular Hbond substituents is 2. The van der Waals surface area contributed by atoms with Gasteiger partial charge in [0, 0.05) is 61.6 Å². The Morgan fingerprint density at radius 3 is 2.05 bits per heavy atom. The van der Waals surface area contributed by atoms with E-state index in [1.54, 1.807) is 66.7 Å². The maximum absolute atomic E-state index is 12.1. The molecule has 0 aliphatic carbocycles. The van der Waals surface area contributed by atoms with Gasteiger partial charge in [0.1, 0.15) is 28.6 Å². The second-order valence-electron chi connectivity index (χ2n) is 12.9. The van der Waals surface area contributed by atoms with E-state index in [9.17, 15) is 33.1 Å². The van der Waals surface area contributed by atoms with Crippen LogP contribution in [-0.2, 0) is 45.9 Å². The van der Waals surface area contributed by atoms with Crippen molar-refractivity contribution in [2.75, 3.05) is 12.4 Å². The van der Waals surface area contributed by atoms with E-state index in [0.29, 0.717) is 55.8 Å². The van der Waals surface area contributed by atoms with E-state index < -0.39 is 26.7 Å². The number of rotatable bonds is 17. The molecule has 0 aromatic heterocycles. The van der Waals surface area contributed by atoms with Gasteiger partial charge in [0.25, 0.3) is 10.1 Å². The second-order valence-corrected chi connectivity index (χ2v) is 15.8. The van der Waals surface area contributed by atoms with Gasteiger partial charge in [-0.25, -0.2) is 15.3 Å². The average molecular weight is 991 g/mol. The number of carbonyl (C=O) groups is 1. The molecule has 0 aliphatic rings. The number of phenols is 2. The molecule has 0 bridgehead atoms. The maximum atomic E-state index is 12.1. The van der Waals surface area contributed by atoms with Crippen molar-refractivity contribution in [3.8, 4) is 17.2 Å². The minimum Gasteiger partial charge on any atom is -0.506 e. The van der Waals surface area contributed by atoms with Gasteiger partial charge in [-0.2, -0.15) is 13.5 Å². The minimum absolute atomic E-state index is 0. The van der Waals surface area contributed by atoms with Crippen LogP contribution in [0.3, 0.4) is 0 Å². The molecule has 0 unspecified atom stereocenters.